The molecule has 0 fully saturated rings. The van der Waals surface area contributed by atoms with Gasteiger partial charge in [-0.05, 0) is 49.4 Å². The largest absolute Gasteiger partial charge is 0.495 e. The molecule has 0 bridgehead atoms. The quantitative estimate of drug-likeness (QED) is 0.313. The molecule has 1 amide bonds. The van der Waals surface area contributed by atoms with Gasteiger partial charge in [-0.15, -0.1) is 0 Å². The predicted octanol–water partition coefficient (Wildman–Crippen LogP) is 4.02. The second kappa shape index (κ2) is 11.8. The molecule has 36 heavy (non-hydrogen) atoms. The molecule has 0 aliphatic rings. The number of ether oxygens (including phenoxy) is 3. The molecule has 0 aliphatic heterocycles. The van der Waals surface area contributed by atoms with Gasteiger partial charge in [-0.1, -0.05) is 35.4 Å². The molecule has 190 valence electrons. The predicted molar refractivity (Wildman–Crippen MR) is 139 cm³/mol. The number of benzene rings is 3. The van der Waals surface area contributed by atoms with Crippen molar-refractivity contribution in [1.82, 2.24) is 5.43 Å². The summed E-state index contributed by atoms with van der Waals surface area (Å²) in [4.78, 5) is 12.8. The first kappa shape index (κ1) is 26.8. The fraction of sp³-hybridized carbons (Fsp3) is 0.200. The summed E-state index contributed by atoms with van der Waals surface area (Å²) in [6.07, 6.45) is 1.38. The van der Waals surface area contributed by atoms with Crippen molar-refractivity contribution in [2.75, 3.05) is 32.2 Å². The van der Waals surface area contributed by atoms with Gasteiger partial charge in [0.2, 0.25) is 0 Å². The van der Waals surface area contributed by atoms with Gasteiger partial charge < -0.3 is 14.2 Å². The van der Waals surface area contributed by atoms with Gasteiger partial charge in [0.05, 0.1) is 43.1 Å². The molecule has 0 radical (unpaired) electrons. The van der Waals surface area contributed by atoms with Crippen molar-refractivity contribution in [3.8, 4) is 17.2 Å². The first-order valence-corrected chi connectivity index (χ1v) is 12.5. The lowest BCUT2D eigenvalue weighted by Gasteiger charge is -2.24. The van der Waals surface area contributed by atoms with E-state index >= 15 is 0 Å². The molecule has 3 rings (SSSR count). The second-order valence-electron chi connectivity index (χ2n) is 7.52. The van der Waals surface area contributed by atoms with Crippen LogP contribution in [0.1, 0.15) is 11.1 Å². The molecular formula is C25H26ClN3O6S. The van der Waals surface area contributed by atoms with Crippen molar-refractivity contribution in [3.63, 3.8) is 0 Å². The van der Waals surface area contributed by atoms with Gasteiger partial charge in [0, 0.05) is 5.56 Å². The Labute approximate surface area is 215 Å². The van der Waals surface area contributed by atoms with Crippen LogP contribution in [0, 0.1) is 6.92 Å². The van der Waals surface area contributed by atoms with Crippen LogP contribution in [0.4, 0.5) is 5.69 Å². The topological polar surface area (TPSA) is 107 Å². The number of para-hydroxylation sites is 1. The molecule has 3 aromatic carbocycles. The van der Waals surface area contributed by atoms with Crippen molar-refractivity contribution in [2.45, 2.75) is 11.8 Å². The number of carbonyl (C=O) groups excluding carboxylic acids is 1. The smallest absolute Gasteiger partial charge is 0.264 e. The minimum Gasteiger partial charge on any atom is -0.495 e. The lowest BCUT2D eigenvalue weighted by Crippen LogP contribution is -2.39. The Kier molecular flexibility index (Phi) is 8.78. The van der Waals surface area contributed by atoms with E-state index in [1.165, 1.54) is 57.9 Å². The third-order valence-electron chi connectivity index (χ3n) is 5.15. The Morgan fingerprint density at radius 1 is 1.00 bits per heavy atom. The van der Waals surface area contributed by atoms with Crippen molar-refractivity contribution < 1.29 is 27.4 Å². The maximum Gasteiger partial charge on any atom is 0.264 e. The van der Waals surface area contributed by atoms with E-state index in [2.05, 4.69) is 10.5 Å². The zero-order valence-electron chi connectivity index (χ0n) is 20.2. The van der Waals surface area contributed by atoms with E-state index in [1.807, 2.05) is 6.92 Å². The summed E-state index contributed by atoms with van der Waals surface area (Å²) in [6, 6.07) is 16.0. The number of hydrazone groups is 1. The Morgan fingerprint density at radius 2 is 1.69 bits per heavy atom. The van der Waals surface area contributed by atoms with E-state index < -0.39 is 22.5 Å². The molecule has 0 aromatic heterocycles. The number of amides is 1. The van der Waals surface area contributed by atoms with Gasteiger partial charge in [-0.25, -0.2) is 13.8 Å². The van der Waals surface area contributed by atoms with E-state index in [9.17, 15) is 13.2 Å². The van der Waals surface area contributed by atoms with Crippen LogP contribution in [-0.4, -0.2) is 48.4 Å². The summed E-state index contributed by atoms with van der Waals surface area (Å²) in [5.41, 5.74) is 4.01. The number of methoxy groups -OCH3 is 3. The van der Waals surface area contributed by atoms with Crippen molar-refractivity contribution in [2.24, 2.45) is 5.10 Å². The maximum atomic E-state index is 13.5. The Morgan fingerprint density at radius 3 is 2.31 bits per heavy atom. The average Bonchev–Trinajstić information content (AvgIpc) is 2.87. The van der Waals surface area contributed by atoms with Gasteiger partial charge in [0.1, 0.15) is 12.3 Å². The highest BCUT2D eigenvalue weighted by molar-refractivity contribution is 7.92. The fourth-order valence-electron chi connectivity index (χ4n) is 3.32. The summed E-state index contributed by atoms with van der Waals surface area (Å²) >= 11 is 6.24. The number of carbonyl (C=O) groups is 1. The van der Waals surface area contributed by atoms with Crippen LogP contribution < -0.4 is 23.9 Å². The number of hydrogen-bond acceptors (Lipinski definition) is 7. The lowest BCUT2D eigenvalue weighted by atomic mass is 10.2. The van der Waals surface area contributed by atoms with E-state index in [0.29, 0.717) is 22.8 Å². The monoisotopic (exact) mass is 531 g/mol. The normalized spacial score (nSPS) is 11.2. The number of sulfonamides is 1. The number of halogens is 1. The van der Waals surface area contributed by atoms with Gasteiger partial charge in [0.15, 0.2) is 11.5 Å². The first-order chi connectivity index (χ1) is 17.2. The number of rotatable bonds is 10. The average molecular weight is 532 g/mol. The van der Waals surface area contributed by atoms with Gasteiger partial charge in [-0.2, -0.15) is 5.10 Å². The Balaban J connectivity index is 1.89. The second-order valence-corrected chi connectivity index (χ2v) is 9.79. The molecule has 0 aliphatic carbocycles. The third kappa shape index (κ3) is 6.07. The van der Waals surface area contributed by atoms with Gasteiger partial charge in [0.25, 0.3) is 15.9 Å². The maximum absolute atomic E-state index is 13.5. The summed E-state index contributed by atoms with van der Waals surface area (Å²) in [5, 5.41) is 4.15. The van der Waals surface area contributed by atoms with E-state index in [0.717, 1.165) is 9.87 Å². The van der Waals surface area contributed by atoms with Crippen LogP contribution in [0.25, 0.3) is 0 Å². The minimum atomic E-state index is -4.11. The molecular weight excluding hydrogens is 506 g/mol. The summed E-state index contributed by atoms with van der Waals surface area (Å²) < 4.78 is 43.7. The summed E-state index contributed by atoms with van der Waals surface area (Å²) in [7, 11) is 0.331. The van der Waals surface area contributed by atoms with Crippen molar-refractivity contribution in [1.29, 1.82) is 0 Å². The van der Waals surface area contributed by atoms with Crippen LogP contribution in [0.5, 0.6) is 17.2 Å². The third-order valence-corrected chi connectivity index (χ3v) is 7.23. The minimum absolute atomic E-state index is 0.0254. The number of hydrogen-bond donors (Lipinski definition) is 1. The highest BCUT2D eigenvalue weighted by atomic mass is 35.5. The zero-order chi connectivity index (χ0) is 26.3. The molecule has 11 heteroatoms. The van der Waals surface area contributed by atoms with Crippen molar-refractivity contribution in [3.05, 3.63) is 76.8 Å². The number of nitrogens with zero attached hydrogens (tertiary/aromatic N) is 2. The molecule has 0 saturated carbocycles. The molecule has 0 unspecified atom stereocenters. The van der Waals surface area contributed by atoms with Crippen LogP contribution in [0.15, 0.2) is 70.7 Å². The highest BCUT2D eigenvalue weighted by Crippen LogP contribution is 2.32. The molecule has 0 heterocycles. The zero-order valence-corrected chi connectivity index (χ0v) is 21.8. The van der Waals surface area contributed by atoms with E-state index in [-0.39, 0.29) is 15.6 Å². The van der Waals surface area contributed by atoms with Crippen LogP contribution >= 0.6 is 11.6 Å². The van der Waals surface area contributed by atoms with Crippen LogP contribution in [0.3, 0.4) is 0 Å². The molecule has 0 spiro atoms. The van der Waals surface area contributed by atoms with E-state index in [1.54, 1.807) is 30.3 Å². The van der Waals surface area contributed by atoms with E-state index in [4.69, 9.17) is 25.8 Å². The number of anilines is 1. The van der Waals surface area contributed by atoms with Gasteiger partial charge in [-0.3, -0.25) is 9.10 Å². The Hall–Kier alpha value is -3.76. The SMILES string of the molecule is COc1ccc(N(CC(=O)N/N=C\c2cccc(OC)c2OC)S(=O)(=O)c2ccc(C)cc2)cc1Cl. The first-order valence-electron chi connectivity index (χ1n) is 10.7. The number of aryl methyl sites for hydroxylation is 1. The molecule has 1 N–H and O–H groups in total. The molecule has 0 saturated heterocycles. The molecule has 9 nitrogen and oxygen atoms in total. The summed E-state index contributed by atoms with van der Waals surface area (Å²) in [5.74, 6) is 0.638. The Bertz CT molecular complexity index is 1360. The lowest BCUT2D eigenvalue weighted by molar-refractivity contribution is -0.119. The standard InChI is InChI=1S/C25H26ClN3O6S/c1-17-8-11-20(12-9-17)36(31,32)29(19-10-13-22(33-2)21(26)14-19)16-24(30)28-27-15-18-6-5-7-23(34-3)25(18)35-4/h5-15H,16H2,1-4H3,(H,28,30)/b27-15-. The van der Waals surface area contributed by atoms with Crippen LogP contribution in [-0.2, 0) is 14.8 Å². The highest BCUT2D eigenvalue weighted by Gasteiger charge is 2.28. The van der Waals surface area contributed by atoms with Crippen molar-refractivity contribution >= 4 is 39.4 Å². The molecule has 3 aromatic rings. The molecule has 0 atom stereocenters. The van der Waals surface area contributed by atoms with Gasteiger partial charge >= 0.3 is 0 Å². The fourth-order valence-corrected chi connectivity index (χ4v) is 4.98. The summed E-state index contributed by atoms with van der Waals surface area (Å²) in [6.45, 7) is 1.30. The number of nitrogens with one attached hydrogen (secondary N) is 1. The van der Waals surface area contributed by atoms with Crippen LogP contribution in [0.2, 0.25) is 5.02 Å².